The van der Waals surface area contributed by atoms with E-state index in [1.54, 1.807) is 18.2 Å². The van der Waals surface area contributed by atoms with Gasteiger partial charge in [0.25, 0.3) is 5.91 Å². The molecule has 4 heteroatoms. The highest BCUT2D eigenvalue weighted by atomic mass is 35.5. The SMILES string of the molecule is C=CCOc1ccc(/C=C2\C(=O)Nc3ccc(Cl)cc32)cc1. The second kappa shape index (κ2) is 6.08. The third-order valence-electron chi connectivity index (χ3n) is 3.32. The van der Waals surface area contributed by atoms with Gasteiger partial charge in [-0.1, -0.05) is 36.4 Å². The molecule has 110 valence electrons. The lowest BCUT2D eigenvalue weighted by molar-refractivity contribution is -0.110. The van der Waals surface area contributed by atoms with Gasteiger partial charge < -0.3 is 10.1 Å². The van der Waals surface area contributed by atoms with Crippen molar-refractivity contribution >= 4 is 34.8 Å². The zero-order chi connectivity index (χ0) is 15.5. The molecule has 1 N–H and O–H groups in total. The van der Waals surface area contributed by atoms with Gasteiger partial charge in [0.15, 0.2) is 0 Å². The maximum atomic E-state index is 12.1. The Hall–Kier alpha value is -2.52. The van der Waals surface area contributed by atoms with Gasteiger partial charge in [0.05, 0.1) is 0 Å². The Bertz CT molecular complexity index is 763. The second-order valence-electron chi connectivity index (χ2n) is 4.87. The second-order valence-corrected chi connectivity index (χ2v) is 5.31. The van der Waals surface area contributed by atoms with Gasteiger partial charge in [0, 0.05) is 21.8 Å². The van der Waals surface area contributed by atoms with Crippen LogP contribution in [0.3, 0.4) is 0 Å². The van der Waals surface area contributed by atoms with Crippen molar-refractivity contribution in [3.05, 3.63) is 71.3 Å². The summed E-state index contributed by atoms with van der Waals surface area (Å²) in [4.78, 5) is 12.1. The predicted octanol–water partition coefficient (Wildman–Crippen LogP) is 4.40. The van der Waals surface area contributed by atoms with E-state index >= 15 is 0 Å². The molecule has 2 aromatic rings. The van der Waals surface area contributed by atoms with E-state index in [-0.39, 0.29) is 5.91 Å². The van der Waals surface area contributed by atoms with Crippen LogP contribution in [0.4, 0.5) is 5.69 Å². The van der Waals surface area contributed by atoms with Crippen LogP contribution in [0.2, 0.25) is 5.02 Å². The number of anilines is 1. The quantitative estimate of drug-likeness (QED) is 0.671. The Morgan fingerprint density at radius 3 is 2.68 bits per heavy atom. The van der Waals surface area contributed by atoms with Crippen molar-refractivity contribution in [3.8, 4) is 5.75 Å². The summed E-state index contributed by atoms with van der Waals surface area (Å²) in [6, 6.07) is 12.9. The Morgan fingerprint density at radius 1 is 1.18 bits per heavy atom. The smallest absolute Gasteiger partial charge is 0.256 e. The van der Waals surface area contributed by atoms with Gasteiger partial charge in [0.1, 0.15) is 12.4 Å². The Labute approximate surface area is 133 Å². The van der Waals surface area contributed by atoms with Crippen LogP contribution in [0.25, 0.3) is 11.6 Å². The fraction of sp³-hybridized carbons (Fsp3) is 0.0556. The number of fused-ring (bicyclic) bond motifs is 1. The molecular weight excluding hydrogens is 298 g/mol. The first-order valence-corrected chi connectivity index (χ1v) is 7.22. The summed E-state index contributed by atoms with van der Waals surface area (Å²) in [5, 5.41) is 3.44. The molecule has 0 saturated heterocycles. The highest BCUT2D eigenvalue weighted by Gasteiger charge is 2.24. The molecule has 22 heavy (non-hydrogen) atoms. The molecule has 0 fully saturated rings. The molecule has 0 atom stereocenters. The highest BCUT2D eigenvalue weighted by molar-refractivity contribution is 6.36. The third kappa shape index (κ3) is 2.90. The average Bonchev–Trinajstić information content (AvgIpc) is 2.82. The summed E-state index contributed by atoms with van der Waals surface area (Å²) < 4.78 is 5.44. The van der Waals surface area contributed by atoms with Gasteiger partial charge in [-0.2, -0.15) is 0 Å². The monoisotopic (exact) mass is 311 g/mol. The third-order valence-corrected chi connectivity index (χ3v) is 3.56. The Balaban J connectivity index is 1.91. The molecule has 0 aliphatic carbocycles. The van der Waals surface area contributed by atoms with Crippen molar-refractivity contribution in [3.63, 3.8) is 0 Å². The lowest BCUT2D eigenvalue weighted by Gasteiger charge is -2.03. The number of amides is 1. The number of rotatable bonds is 4. The van der Waals surface area contributed by atoms with Crippen LogP contribution in [0.1, 0.15) is 11.1 Å². The Morgan fingerprint density at radius 2 is 1.95 bits per heavy atom. The van der Waals surface area contributed by atoms with Gasteiger partial charge in [-0.25, -0.2) is 0 Å². The van der Waals surface area contributed by atoms with Crippen LogP contribution in [0.15, 0.2) is 55.1 Å². The maximum absolute atomic E-state index is 12.1. The minimum atomic E-state index is -0.121. The van der Waals surface area contributed by atoms with E-state index in [1.807, 2.05) is 36.4 Å². The summed E-state index contributed by atoms with van der Waals surface area (Å²) >= 11 is 6.02. The maximum Gasteiger partial charge on any atom is 0.256 e. The summed E-state index contributed by atoms with van der Waals surface area (Å²) in [5.41, 5.74) is 3.14. The summed E-state index contributed by atoms with van der Waals surface area (Å²) in [6.07, 6.45) is 3.54. The summed E-state index contributed by atoms with van der Waals surface area (Å²) in [5.74, 6) is 0.644. The number of ether oxygens (including phenoxy) is 1. The largest absolute Gasteiger partial charge is 0.490 e. The number of benzene rings is 2. The minimum absolute atomic E-state index is 0.121. The van der Waals surface area contributed by atoms with E-state index in [4.69, 9.17) is 16.3 Å². The zero-order valence-electron chi connectivity index (χ0n) is 11.8. The molecule has 0 unspecified atom stereocenters. The fourth-order valence-electron chi connectivity index (χ4n) is 2.29. The number of hydrogen-bond donors (Lipinski definition) is 1. The van der Waals surface area contributed by atoms with E-state index in [1.165, 1.54) is 0 Å². The molecule has 0 bridgehead atoms. The normalized spacial score (nSPS) is 14.6. The molecule has 1 aliphatic rings. The van der Waals surface area contributed by atoms with Gasteiger partial charge in [0.2, 0.25) is 0 Å². The Kier molecular flexibility index (Phi) is 3.98. The molecule has 1 amide bonds. The van der Waals surface area contributed by atoms with E-state index in [0.29, 0.717) is 17.2 Å². The molecule has 1 heterocycles. The zero-order valence-corrected chi connectivity index (χ0v) is 12.6. The van der Waals surface area contributed by atoms with E-state index < -0.39 is 0 Å². The lowest BCUT2D eigenvalue weighted by atomic mass is 10.0. The average molecular weight is 312 g/mol. The minimum Gasteiger partial charge on any atom is -0.490 e. The number of nitrogens with one attached hydrogen (secondary N) is 1. The summed E-state index contributed by atoms with van der Waals surface area (Å²) in [6.45, 7) is 4.08. The van der Waals surface area contributed by atoms with Gasteiger partial charge >= 0.3 is 0 Å². The topological polar surface area (TPSA) is 38.3 Å². The number of carbonyl (C=O) groups is 1. The standard InChI is InChI=1S/C18H14ClNO2/c1-2-9-22-14-6-3-12(4-7-14)10-16-15-11-13(19)5-8-17(15)20-18(16)21/h2-8,10-11H,1,9H2,(H,20,21)/b16-10-. The number of hydrogen-bond acceptors (Lipinski definition) is 2. The number of carbonyl (C=O) groups excluding carboxylic acids is 1. The first-order chi connectivity index (χ1) is 10.7. The van der Waals surface area contributed by atoms with Crippen LogP contribution in [0.5, 0.6) is 5.75 Å². The number of halogens is 1. The molecule has 1 aliphatic heterocycles. The first kappa shape index (κ1) is 14.4. The van der Waals surface area contributed by atoms with Crippen LogP contribution in [-0.4, -0.2) is 12.5 Å². The van der Waals surface area contributed by atoms with Crippen molar-refractivity contribution in [2.45, 2.75) is 0 Å². The summed E-state index contributed by atoms with van der Waals surface area (Å²) in [7, 11) is 0. The van der Waals surface area contributed by atoms with Crippen LogP contribution in [-0.2, 0) is 4.79 Å². The molecule has 2 aromatic carbocycles. The van der Waals surface area contributed by atoms with Gasteiger partial charge in [-0.05, 0) is 42.0 Å². The molecule has 0 aromatic heterocycles. The van der Waals surface area contributed by atoms with E-state index in [9.17, 15) is 4.79 Å². The van der Waals surface area contributed by atoms with Crippen LogP contribution in [0, 0.1) is 0 Å². The lowest BCUT2D eigenvalue weighted by Crippen LogP contribution is -2.03. The van der Waals surface area contributed by atoms with E-state index in [0.717, 1.165) is 22.6 Å². The molecule has 0 radical (unpaired) electrons. The van der Waals surface area contributed by atoms with Gasteiger partial charge in [-0.3, -0.25) is 4.79 Å². The van der Waals surface area contributed by atoms with Crippen molar-refractivity contribution in [1.82, 2.24) is 0 Å². The molecular formula is C18H14ClNO2. The van der Waals surface area contributed by atoms with Crippen LogP contribution < -0.4 is 10.1 Å². The van der Waals surface area contributed by atoms with Crippen LogP contribution >= 0.6 is 11.6 Å². The fourth-order valence-corrected chi connectivity index (χ4v) is 2.46. The van der Waals surface area contributed by atoms with Crippen molar-refractivity contribution in [2.24, 2.45) is 0 Å². The highest BCUT2D eigenvalue weighted by Crippen LogP contribution is 2.35. The van der Waals surface area contributed by atoms with Gasteiger partial charge in [-0.15, -0.1) is 0 Å². The molecule has 0 saturated carbocycles. The van der Waals surface area contributed by atoms with Crippen molar-refractivity contribution in [1.29, 1.82) is 0 Å². The molecule has 3 rings (SSSR count). The van der Waals surface area contributed by atoms with Crippen molar-refractivity contribution in [2.75, 3.05) is 11.9 Å². The predicted molar refractivity (Wildman–Crippen MR) is 90.1 cm³/mol. The molecule has 3 nitrogen and oxygen atoms in total. The first-order valence-electron chi connectivity index (χ1n) is 6.84. The molecule has 0 spiro atoms. The van der Waals surface area contributed by atoms with E-state index in [2.05, 4.69) is 11.9 Å². The van der Waals surface area contributed by atoms with Crippen molar-refractivity contribution < 1.29 is 9.53 Å².